The molecular weight excluding hydrogens is 186 g/mol. The molecule has 0 radical (unpaired) electrons. The lowest BCUT2D eigenvalue weighted by atomic mass is 10.1. The van der Waals surface area contributed by atoms with Gasteiger partial charge in [-0.1, -0.05) is 11.6 Å². The van der Waals surface area contributed by atoms with Crippen LogP contribution in [0.3, 0.4) is 0 Å². The maximum absolute atomic E-state index is 12.9. The van der Waals surface area contributed by atoms with Gasteiger partial charge in [-0.25, -0.2) is 8.78 Å². The zero-order chi connectivity index (χ0) is 9.30. The van der Waals surface area contributed by atoms with Gasteiger partial charge in [0.25, 0.3) is 0 Å². The van der Waals surface area contributed by atoms with Crippen molar-refractivity contribution in [3.05, 3.63) is 34.4 Å². The van der Waals surface area contributed by atoms with E-state index in [2.05, 4.69) is 0 Å². The highest BCUT2D eigenvalue weighted by Crippen LogP contribution is 2.27. The Morgan fingerprint density at radius 1 is 1.33 bits per heavy atom. The maximum atomic E-state index is 12.9. The third-order valence-corrected chi connectivity index (χ3v) is 1.88. The lowest BCUT2D eigenvalue weighted by Gasteiger charge is -2.08. The number of rotatable bonds is 1. The topological polar surface area (TPSA) is 20.2 Å². The molecule has 0 saturated carbocycles. The van der Waals surface area contributed by atoms with Gasteiger partial charge in [0.1, 0.15) is 11.6 Å². The van der Waals surface area contributed by atoms with E-state index in [9.17, 15) is 8.78 Å². The molecule has 0 saturated heterocycles. The second kappa shape index (κ2) is 3.37. The molecule has 0 bridgehead atoms. The van der Waals surface area contributed by atoms with Gasteiger partial charge >= 0.3 is 0 Å². The molecule has 1 atom stereocenters. The molecule has 1 rings (SSSR count). The van der Waals surface area contributed by atoms with Crippen molar-refractivity contribution >= 4 is 11.6 Å². The van der Waals surface area contributed by atoms with E-state index in [0.717, 1.165) is 12.1 Å². The standard InChI is InChI=1S/C8H7ClF2O/c1-4(12)7-5(10)2-3-6(11)8(7)9/h2-4,12H,1H3/t4-/m1/s1. The van der Waals surface area contributed by atoms with Gasteiger partial charge in [0.05, 0.1) is 11.1 Å². The molecule has 1 aromatic rings. The van der Waals surface area contributed by atoms with Crippen molar-refractivity contribution in [3.63, 3.8) is 0 Å². The smallest absolute Gasteiger partial charge is 0.142 e. The predicted octanol–water partition coefficient (Wildman–Crippen LogP) is 2.67. The molecule has 1 nitrogen and oxygen atoms in total. The van der Waals surface area contributed by atoms with Crippen LogP contribution < -0.4 is 0 Å². The van der Waals surface area contributed by atoms with Crippen molar-refractivity contribution in [2.45, 2.75) is 13.0 Å². The Bertz CT molecular complexity index is 299. The number of benzene rings is 1. The molecular formula is C8H7ClF2O. The number of hydrogen-bond acceptors (Lipinski definition) is 1. The fourth-order valence-corrected chi connectivity index (χ4v) is 1.24. The van der Waals surface area contributed by atoms with Crippen LogP contribution in [-0.2, 0) is 0 Å². The Kier molecular flexibility index (Phi) is 2.65. The van der Waals surface area contributed by atoms with Gasteiger partial charge in [-0.15, -0.1) is 0 Å². The minimum Gasteiger partial charge on any atom is -0.389 e. The third-order valence-electron chi connectivity index (χ3n) is 1.50. The molecule has 4 heteroatoms. The minimum atomic E-state index is -1.10. The number of aliphatic hydroxyl groups is 1. The normalized spacial score (nSPS) is 13.1. The van der Waals surface area contributed by atoms with Gasteiger partial charge in [-0.3, -0.25) is 0 Å². The molecule has 12 heavy (non-hydrogen) atoms. The van der Waals surface area contributed by atoms with Gasteiger partial charge in [0.2, 0.25) is 0 Å². The highest BCUT2D eigenvalue weighted by atomic mass is 35.5. The SMILES string of the molecule is C[C@@H](O)c1c(F)ccc(F)c1Cl. The lowest BCUT2D eigenvalue weighted by Crippen LogP contribution is -1.98. The van der Waals surface area contributed by atoms with E-state index in [1.807, 2.05) is 0 Å². The Morgan fingerprint density at radius 3 is 2.25 bits per heavy atom. The number of aliphatic hydroxyl groups excluding tert-OH is 1. The van der Waals surface area contributed by atoms with Crippen LogP contribution in [0.2, 0.25) is 5.02 Å². The highest BCUT2D eigenvalue weighted by Gasteiger charge is 2.15. The first-order valence-corrected chi connectivity index (χ1v) is 3.73. The predicted molar refractivity (Wildman–Crippen MR) is 42.0 cm³/mol. The molecule has 0 fully saturated rings. The first-order chi connectivity index (χ1) is 5.54. The zero-order valence-corrected chi connectivity index (χ0v) is 7.07. The highest BCUT2D eigenvalue weighted by molar-refractivity contribution is 6.31. The first kappa shape index (κ1) is 9.42. The van der Waals surface area contributed by atoms with Gasteiger partial charge in [0, 0.05) is 5.56 Å². The van der Waals surface area contributed by atoms with Crippen LogP contribution >= 0.6 is 11.6 Å². The quantitative estimate of drug-likeness (QED) is 0.679. The van der Waals surface area contributed by atoms with E-state index in [-0.39, 0.29) is 10.6 Å². The van der Waals surface area contributed by atoms with Crippen molar-refractivity contribution < 1.29 is 13.9 Å². The zero-order valence-electron chi connectivity index (χ0n) is 6.31. The molecule has 0 amide bonds. The summed E-state index contributed by atoms with van der Waals surface area (Å²) in [5.41, 5.74) is -0.198. The molecule has 0 aliphatic rings. The van der Waals surface area contributed by atoms with Gasteiger partial charge < -0.3 is 5.11 Å². The molecule has 1 aromatic carbocycles. The summed E-state index contributed by atoms with van der Waals surface area (Å²) in [5.74, 6) is -1.43. The monoisotopic (exact) mass is 192 g/mol. The lowest BCUT2D eigenvalue weighted by molar-refractivity contribution is 0.193. The number of halogens is 3. The molecule has 0 spiro atoms. The van der Waals surface area contributed by atoms with Crippen molar-refractivity contribution in [2.75, 3.05) is 0 Å². The van der Waals surface area contributed by atoms with Crippen LogP contribution in [0, 0.1) is 11.6 Å². The summed E-state index contributed by atoms with van der Waals surface area (Å²) in [5, 5.41) is 8.66. The molecule has 0 heterocycles. The third kappa shape index (κ3) is 1.57. The first-order valence-electron chi connectivity index (χ1n) is 3.35. The summed E-state index contributed by atoms with van der Waals surface area (Å²) in [4.78, 5) is 0. The summed E-state index contributed by atoms with van der Waals surface area (Å²) in [6, 6.07) is 1.85. The van der Waals surface area contributed by atoms with Gasteiger partial charge in [-0.2, -0.15) is 0 Å². The largest absolute Gasteiger partial charge is 0.389 e. The summed E-state index contributed by atoms with van der Waals surface area (Å²) in [6.07, 6.45) is -1.10. The maximum Gasteiger partial charge on any atom is 0.142 e. The summed E-state index contributed by atoms with van der Waals surface area (Å²) < 4.78 is 25.6. The summed E-state index contributed by atoms with van der Waals surface area (Å²) in [6.45, 7) is 1.32. The Hall–Kier alpha value is -0.670. The summed E-state index contributed by atoms with van der Waals surface area (Å²) in [7, 11) is 0. The van der Waals surface area contributed by atoms with Crippen molar-refractivity contribution in [2.24, 2.45) is 0 Å². The molecule has 0 aliphatic heterocycles. The van der Waals surface area contributed by atoms with Crippen molar-refractivity contribution in [1.29, 1.82) is 0 Å². The fraction of sp³-hybridized carbons (Fsp3) is 0.250. The van der Waals surface area contributed by atoms with Crippen LogP contribution in [0.4, 0.5) is 8.78 Å². The molecule has 66 valence electrons. The van der Waals surface area contributed by atoms with Crippen molar-refractivity contribution in [1.82, 2.24) is 0 Å². The van der Waals surface area contributed by atoms with E-state index < -0.39 is 17.7 Å². The Morgan fingerprint density at radius 2 is 1.83 bits per heavy atom. The van der Waals surface area contributed by atoms with Gasteiger partial charge in [-0.05, 0) is 19.1 Å². The van der Waals surface area contributed by atoms with Crippen LogP contribution in [0.5, 0.6) is 0 Å². The van der Waals surface area contributed by atoms with E-state index in [0.29, 0.717) is 0 Å². The fourth-order valence-electron chi connectivity index (χ4n) is 0.926. The Labute approximate surface area is 73.6 Å². The second-order valence-electron chi connectivity index (χ2n) is 2.43. The van der Waals surface area contributed by atoms with Crippen LogP contribution in [0.25, 0.3) is 0 Å². The van der Waals surface area contributed by atoms with Crippen LogP contribution in [0.1, 0.15) is 18.6 Å². The van der Waals surface area contributed by atoms with E-state index >= 15 is 0 Å². The van der Waals surface area contributed by atoms with Crippen molar-refractivity contribution in [3.8, 4) is 0 Å². The van der Waals surface area contributed by atoms with E-state index in [1.165, 1.54) is 6.92 Å². The summed E-state index contributed by atoms with van der Waals surface area (Å²) >= 11 is 5.42. The second-order valence-corrected chi connectivity index (χ2v) is 2.81. The van der Waals surface area contributed by atoms with E-state index in [4.69, 9.17) is 16.7 Å². The number of hydrogen-bond donors (Lipinski definition) is 1. The van der Waals surface area contributed by atoms with Crippen LogP contribution in [0.15, 0.2) is 12.1 Å². The van der Waals surface area contributed by atoms with Crippen LogP contribution in [-0.4, -0.2) is 5.11 Å². The van der Waals surface area contributed by atoms with E-state index in [1.54, 1.807) is 0 Å². The molecule has 1 N–H and O–H groups in total. The molecule has 0 unspecified atom stereocenters. The molecule has 0 aliphatic carbocycles. The average Bonchev–Trinajstić information content (AvgIpc) is 1.97. The minimum absolute atomic E-state index is 0.198. The molecule has 0 aromatic heterocycles. The van der Waals surface area contributed by atoms with Gasteiger partial charge in [0.15, 0.2) is 0 Å². The Balaban J connectivity index is 3.33. The average molecular weight is 193 g/mol.